The van der Waals surface area contributed by atoms with Crippen LogP contribution in [0.3, 0.4) is 0 Å². The summed E-state index contributed by atoms with van der Waals surface area (Å²) in [6, 6.07) is 32.9. The van der Waals surface area contributed by atoms with E-state index in [9.17, 15) is 10.2 Å². The van der Waals surface area contributed by atoms with E-state index in [-0.39, 0.29) is 24.3 Å². The zero-order valence-electron chi connectivity index (χ0n) is 31.5. The van der Waals surface area contributed by atoms with Crippen molar-refractivity contribution in [3.05, 3.63) is 164 Å². The molecule has 0 radical (unpaired) electrons. The van der Waals surface area contributed by atoms with Crippen molar-refractivity contribution in [2.75, 3.05) is 7.11 Å². The van der Waals surface area contributed by atoms with E-state index >= 15 is 0 Å². The van der Waals surface area contributed by atoms with Gasteiger partial charge in [0.2, 0.25) is 11.2 Å². The summed E-state index contributed by atoms with van der Waals surface area (Å²) >= 11 is 24.1. The number of methoxy groups -OCH3 is 1. The molecule has 0 bridgehead atoms. The van der Waals surface area contributed by atoms with Crippen LogP contribution in [-0.2, 0) is 26.2 Å². The number of hydrogen-bond donors (Lipinski definition) is 4. The van der Waals surface area contributed by atoms with Crippen molar-refractivity contribution < 1.29 is 14.9 Å². The molecule has 0 aliphatic rings. The zero-order valence-corrected chi connectivity index (χ0v) is 34.5. The molecule has 2 unspecified atom stereocenters. The van der Waals surface area contributed by atoms with Gasteiger partial charge in [0.1, 0.15) is 17.1 Å². The number of nitrogens with zero attached hydrogens (tertiary/aromatic N) is 7. The summed E-state index contributed by atoms with van der Waals surface area (Å²) < 4.78 is 14.2. The molecule has 0 spiro atoms. The molecule has 0 amide bonds. The molecular weight excluding hydrogens is 832 g/mol. The van der Waals surface area contributed by atoms with Gasteiger partial charge in [-0.2, -0.15) is 0 Å². The van der Waals surface area contributed by atoms with Crippen LogP contribution in [0.15, 0.2) is 115 Å². The maximum atomic E-state index is 10.9. The first-order chi connectivity index (χ1) is 28.5. The molecule has 12 nitrogen and oxygen atoms in total. The summed E-state index contributed by atoms with van der Waals surface area (Å²) in [6.07, 6.45) is 5.54. The minimum Gasteiger partial charge on any atom is -0.494 e. The lowest BCUT2D eigenvalue weighted by Gasteiger charge is -2.13. The Morgan fingerprint density at radius 2 is 1.14 bits per heavy atom. The second-order valence-electron chi connectivity index (χ2n) is 13.4. The van der Waals surface area contributed by atoms with Gasteiger partial charge < -0.3 is 28.7 Å². The van der Waals surface area contributed by atoms with Crippen molar-refractivity contribution in [2.24, 2.45) is 0 Å². The van der Waals surface area contributed by atoms with Gasteiger partial charge in [-0.15, -0.1) is 11.5 Å². The smallest absolute Gasteiger partial charge is 0.203 e. The third kappa shape index (κ3) is 8.67. The average molecular weight is 870 g/mol. The maximum absolute atomic E-state index is 10.9. The number of halogens is 4. The highest BCUT2D eigenvalue weighted by molar-refractivity contribution is 6.42. The topological polar surface area (TPSA) is 148 Å². The summed E-state index contributed by atoms with van der Waals surface area (Å²) in [5.41, 5.74) is 6.59. The third-order valence-electron chi connectivity index (χ3n) is 9.76. The van der Waals surface area contributed by atoms with E-state index in [1.54, 1.807) is 61.9 Å². The van der Waals surface area contributed by atoms with Gasteiger partial charge in [0.05, 0.1) is 93.9 Å². The monoisotopic (exact) mass is 867 g/mol. The van der Waals surface area contributed by atoms with Gasteiger partial charge in [-0.25, -0.2) is 4.68 Å². The van der Waals surface area contributed by atoms with Crippen LogP contribution in [0.4, 0.5) is 0 Å². The van der Waals surface area contributed by atoms with Crippen molar-refractivity contribution in [2.45, 2.75) is 38.4 Å². The minimum absolute atomic E-state index is 0.179. The largest absolute Gasteiger partial charge is 0.494 e. The third-order valence-corrected chi connectivity index (χ3v) is 11.2. The van der Waals surface area contributed by atoms with E-state index in [0.29, 0.717) is 55.8 Å². The molecule has 2 atom stereocenters. The molecule has 16 heteroatoms. The molecule has 3 aromatic heterocycles. The van der Waals surface area contributed by atoms with Crippen LogP contribution in [0.5, 0.6) is 5.75 Å². The Kier molecular flexibility index (Phi) is 12.6. The number of hydrogen-bond acceptors (Lipinski definition) is 7. The Balaban J connectivity index is 0.000000192. The standard InChI is InChI=1S/C25H22Cl2N6O2.C18H15Cl2N3O/c1-35-24-9-5-4-8-22(24)33-14-17(29-30-33)13-31-20-6-2-3-7-21(20)32(25(31)28)15-23(34)16-10-11-18(26)19(27)12-16;1-2-9-22-15-5-3-4-6-16(15)23(18(22)21)11-17(24)12-7-8-13(19)14(20)10-12/h2-12,14,23,28,34H,13,15H2,1H3;1,3-8,10,17,21,24H,9,11H2. The number of aromatic nitrogens is 7. The molecule has 0 saturated heterocycles. The number of nitrogens with one attached hydrogen (secondary N) is 2. The Morgan fingerprint density at radius 1 is 0.661 bits per heavy atom. The van der Waals surface area contributed by atoms with Crippen LogP contribution >= 0.6 is 46.4 Å². The molecule has 8 aromatic rings. The fraction of sp³-hybridized carbons (Fsp3) is 0.163. The normalized spacial score (nSPS) is 12.2. The van der Waals surface area contributed by atoms with Crippen LogP contribution in [0.1, 0.15) is 29.0 Å². The molecule has 8 rings (SSSR count). The van der Waals surface area contributed by atoms with Crippen molar-refractivity contribution in [1.29, 1.82) is 10.8 Å². The SMILES string of the molecule is C#CCn1c(=N)n(CC(O)c2ccc(Cl)c(Cl)c2)c2ccccc21.COc1ccccc1-n1cc(Cn2c(=N)n(CC(O)c3ccc(Cl)c(Cl)c3)c3ccccc32)nn1. The Bertz CT molecular complexity index is 2960. The summed E-state index contributed by atoms with van der Waals surface area (Å²) in [7, 11) is 1.61. The molecule has 0 saturated carbocycles. The van der Waals surface area contributed by atoms with E-state index < -0.39 is 12.2 Å². The predicted molar refractivity (Wildman–Crippen MR) is 230 cm³/mol. The van der Waals surface area contributed by atoms with Gasteiger partial charge in [0.25, 0.3) is 0 Å². The van der Waals surface area contributed by atoms with Crippen LogP contribution < -0.4 is 16.0 Å². The fourth-order valence-electron chi connectivity index (χ4n) is 6.84. The molecule has 4 N–H and O–H groups in total. The first-order valence-corrected chi connectivity index (χ1v) is 19.7. The average Bonchev–Trinajstić information content (AvgIpc) is 3.90. The van der Waals surface area contributed by atoms with E-state index in [4.69, 9.17) is 68.4 Å². The maximum Gasteiger partial charge on any atom is 0.203 e. The lowest BCUT2D eigenvalue weighted by Crippen LogP contribution is -2.27. The highest BCUT2D eigenvalue weighted by atomic mass is 35.5. The van der Waals surface area contributed by atoms with Crippen LogP contribution in [0.2, 0.25) is 20.1 Å². The highest BCUT2D eigenvalue weighted by Crippen LogP contribution is 2.29. The van der Waals surface area contributed by atoms with Crippen molar-refractivity contribution in [3.8, 4) is 23.8 Å². The quantitative estimate of drug-likeness (QED) is 0.0969. The number of imidazole rings is 2. The van der Waals surface area contributed by atoms with E-state index in [1.807, 2.05) is 83.6 Å². The van der Waals surface area contributed by atoms with Gasteiger partial charge in [-0.1, -0.05) is 106 Å². The predicted octanol–water partition coefficient (Wildman–Crippen LogP) is 8.20. The van der Waals surface area contributed by atoms with Crippen LogP contribution in [0, 0.1) is 23.2 Å². The molecule has 0 aliphatic carbocycles. The second-order valence-corrected chi connectivity index (χ2v) is 15.1. The number of fused-ring (bicyclic) bond motifs is 2. The number of aliphatic hydroxyl groups excluding tert-OH is 2. The lowest BCUT2D eigenvalue weighted by atomic mass is 10.1. The Labute approximate surface area is 358 Å². The van der Waals surface area contributed by atoms with E-state index in [0.717, 1.165) is 27.8 Å². The molecular formula is C43H37Cl4N9O3. The zero-order chi connectivity index (χ0) is 41.8. The highest BCUT2D eigenvalue weighted by Gasteiger charge is 2.19. The number of para-hydroxylation sites is 6. The molecule has 59 heavy (non-hydrogen) atoms. The van der Waals surface area contributed by atoms with Crippen LogP contribution in [0.25, 0.3) is 27.8 Å². The number of rotatable bonds is 11. The fourth-order valence-corrected chi connectivity index (χ4v) is 7.45. The second kappa shape index (κ2) is 18.0. The van der Waals surface area contributed by atoms with Gasteiger partial charge in [0.15, 0.2) is 0 Å². The molecule has 300 valence electrons. The number of ether oxygens (including phenoxy) is 1. The number of aliphatic hydroxyl groups is 2. The van der Waals surface area contributed by atoms with Crippen molar-refractivity contribution in [3.63, 3.8) is 0 Å². The molecule has 3 heterocycles. The molecule has 0 fully saturated rings. The number of benzene rings is 5. The first kappa shape index (κ1) is 41.4. The van der Waals surface area contributed by atoms with E-state index in [1.165, 1.54) is 0 Å². The number of terminal acetylenes is 1. The summed E-state index contributed by atoms with van der Waals surface area (Å²) in [6.45, 7) is 1.03. The van der Waals surface area contributed by atoms with E-state index in [2.05, 4.69) is 16.2 Å². The van der Waals surface area contributed by atoms with Crippen molar-refractivity contribution in [1.82, 2.24) is 33.3 Å². The van der Waals surface area contributed by atoms with Gasteiger partial charge in [0, 0.05) is 0 Å². The molecule has 0 aliphatic heterocycles. The van der Waals surface area contributed by atoms with Gasteiger partial charge in [-0.3, -0.25) is 15.4 Å². The Morgan fingerprint density at radius 3 is 1.64 bits per heavy atom. The molecule has 5 aromatic carbocycles. The summed E-state index contributed by atoms with van der Waals surface area (Å²) in [5.74, 6) is 3.25. The minimum atomic E-state index is -0.871. The summed E-state index contributed by atoms with van der Waals surface area (Å²) in [5, 5.41) is 48.9. The summed E-state index contributed by atoms with van der Waals surface area (Å²) in [4.78, 5) is 0. The first-order valence-electron chi connectivity index (χ1n) is 18.2. The van der Waals surface area contributed by atoms with Gasteiger partial charge in [-0.05, 0) is 71.8 Å². The lowest BCUT2D eigenvalue weighted by molar-refractivity contribution is 0.155. The van der Waals surface area contributed by atoms with Crippen LogP contribution in [-0.4, -0.2) is 50.6 Å². The van der Waals surface area contributed by atoms with Crippen molar-refractivity contribution >= 4 is 68.5 Å². The van der Waals surface area contributed by atoms with Gasteiger partial charge >= 0.3 is 0 Å². The Hall–Kier alpha value is -5.78.